The van der Waals surface area contributed by atoms with Gasteiger partial charge in [0.25, 0.3) is 11.4 Å². The first-order chi connectivity index (χ1) is 12.5. The summed E-state index contributed by atoms with van der Waals surface area (Å²) < 4.78 is 40.5. The third kappa shape index (κ3) is 4.34. The lowest BCUT2D eigenvalue weighted by Gasteiger charge is -2.15. The Balaban J connectivity index is 2.74. The second-order valence-corrected chi connectivity index (χ2v) is 6.66. The molecule has 0 aromatic heterocycles. The predicted octanol–water partition coefficient (Wildman–Crippen LogP) is 5.66. The molecule has 0 radical (unpaired) electrons. The summed E-state index contributed by atoms with van der Waals surface area (Å²) in [5.41, 5.74) is -4.57. The SMILES string of the molecule is N#Cc1c(Br)cc(Nc2c([N+](=O)[O-])cc([N+](=O)[O-])cc2C(F)(F)F)cc1Br. The lowest BCUT2D eigenvalue weighted by Crippen LogP contribution is -2.12. The van der Waals surface area contributed by atoms with E-state index in [1.54, 1.807) is 0 Å². The number of halogens is 5. The highest BCUT2D eigenvalue weighted by Gasteiger charge is 2.39. The number of benzene rings is 2. The van der Waals surface area contributed by atoms with E-state index in [4.69, 9.17) is 5.26 Å². The second kappa shape index (κ2) is 7.49. The minimum atomic E-state index is -5.10. The largest absolute Gasteiger partial charge is 0.418 e. The van der Waals surface area contributed by atoms with E-state index in [1.807, 2.05) is 6.07 Å². The third-order valence-electron chi connectivity index (χ3n) is 3.24. The fourth-order valence-corrected chi connectivity index (χ4v) is 3.48. The number of alkyl halides is 3. The number of hydrogen-bond donors (Lipinski definition) is 1. The molecule has 0 bridgehead atoms. The van der Waals surface area contributed by atoms with Gasteiger partial charge in [0.15, 0.2) is 0 Å². The van der Waals surface area contributed by atoms with Crippen LogP contribution in [-0.4, -0.2) is 9.85 Å². The quantitative estimate of drug-likeness (QED) is 0.419. The van der Waals surface area contributed by atoms with Crippen molar-refractivity contribution in [2.45, 2.75) is 6.18 Å². The molecule has 1 N–H and O–H groups in total. The molecule has 2 rings (SSSR count). The van der Waals surface area contributed by atoms with Crippen molar-refractivity contribution in [3.63, 3.8) is 0 Å². The zero-order valence-corrected chi connectivity index (χ0v) is 15.8. The number of nitriles is 1. The number of nitrogens with one attached hydrogen (secondary N) is 1. The molecule has 8 nitrogen and oxygen atoms in total. The standard InChI is InChI=1S/C14H5Br2F3N4O4/c15-10-1-6(2-11(16)8(10)5-20)21-13-9(14(17,18)19)3-7(22(24)25)4-12(13)23(26)27/h1-4,21H. The van der Waals surface area contributed by atoms with Crippen LogP contribution in [0, 0.1) is 31.6 Å². The highest BCUT2D eigenvalue weighted by atomic mass is 79.9. The van der Waals surface area contributed by atoms with Crippen molar-refractivity contribution in [3.05, 3.63) is 64.6 Å². The highest BCUT2D eigenvalue weighted by molar-refractivity contribution is 9.11. The van der Waals surface area contributed by atoms with Crippen molar-refractivity contribution in [1.29, 1.82) is 5.26 Å². The average Bonchev–Trinajstić information content (AvgIpc) is 2.53. The van der Waals surface area contributed by atoms with Gasteiger partial charge in [0.2, 0.25) is 0 Å². The number of hydrogen-bond acceptors (Lipinski definition) is 6. The van der Waals surface area contributed by atoms with Crippen LogP contribution in [0.25, 0.3) is 0 Å². The van der Waals surface area contributed by atoms with E-state index < -0.39 is 38.6 Å². The zero-order chi connectivity index (χ0) is 20.5. The topological polar surface area (TPSA) is 122 Å². The van der Waals surface area contributed by atoms with Gasteiger partial charge in [0.1, 0.15) is 11.8 Å². The Morgan fingerprint density at radius 2 is 1.59 bits per heavy atom. The Bertz CT molecular complexity index is 982. The molecule has 0 heterocycles. The highest BCUT2D eigenvalue weighted by Crippen LogP contribution is 2.44. The molecule has 0 aliphatic heterocycles. The molecule has 0 atom stereocenters. The monoisotopic (exact) mass is 508 g/mol. The number of non-ortho nitro benzene ring substituents is 1. The fraction of sp³-hybridized carbons (Fsp3) is 0.0714. The number of rotatable bonds is 4. The molecule has 27 heavy (non-hydrogen) atoms. The van der Waals surface area contributed by atoms with Gasteiger partial charge in [-0.2, -0.15) is 18.4 Å². The molecular formula is C14H5Br2F3N4O4. The lowest BCUT2D eigenvalue weighted by molar-refractivity contribution is -0.394. The van der Waals surface area contributed by atoms with Gasteiger partial charge in [-0.25, -0.2) is 0 Å². The minimum Gasteiger partial charge on any atom is -0.349 e. The molecule has 0 aliphatic rings. The molecule has 0 saturated heterocycles. The average molecular weight is 510 g/mol. The molecule has 13 heteroatoms. The van der Waals surface area contributed by atoms with Gasteiger partial charge < -0.3 is 5.32 Å². The smallest absolute Gasteiger partial charge is 0.349 e. The Kier molecular flexibility index (Phi) is 5.71. The van der Waals surface area contributed by atoms with Crippen molar-refractivity contribution in [1.82, 2.24) is 0 Å². The van der Waals surface area contributed by atoms with Crippen molar-refractivity contribution >= 4 is 54.6 Å². The summed E-state index contributed by atoms with van der Waals surface area (Å²) in [5, 5.41) is 33.3. The molecular weight excluding hydrogens is 505 g/mol. The lowest BCUT2D eigenvalue weighted by atomic mass is 10.1. The summed E-state index contributed by atoms with van der Waals surface area (Å²) >= 11 is 6.14. The Morgan fingerprint density at radius 1 is 1.04 bits per heavy atom. The van der Waals surface area contributed by atoms with Crippen LogP contribution in [0.2, 0.25) is 0 Å². The van der Waals surface area contributed by atoms with E-state index in [1.165, 1.54) is 12.1 Å². The van der Waals surface area contributed by atoms with Crippen LogP contribution in [0.5, 0.6) is 0 Å². The van der Waals surface area contributed by atoms with Crippen LogP contribution >= 0.6 is 31.9 Å². The molecule has 0 aliphatic carbocycles. The van der Waals surface area contributed by atoms with E-state index in [2.05, 4.69) is 37.2 Å². The summed E-state index contributed by atoms with van der Waals surface area (Å²) in [5.74, 6) is 0. The van der Waals surface area contributed by atoms with Gasteiger partial charge >= 0.3 is 6.18 Å². The maximum atomic E-state index is 13.4. The fourth-order valence-electron chi connectivity index (χ4n) is 2.11. The first kappa shape index (κ1) is 20.6. The Hall–Kier alpha value is -2.72. The third-order valence-corrected chi connectivity index (χ3v) is 4.49. The summed E-state index contributed by atoms with van der Waals surface area (Å²) in [7, 11) is 0. The summed E-state index contributed by atoms with van der Waals surface area (Å²) in [6.45, 7) is 0. The second-order valence-electron chi connectivity index (χ2n) is 4.95. The van der Waals surface area contributed by atoms with E-state index in [0.29, 0.717) is 6.07 Å². The molecule has 0 spiro atoms. The first-order valence-electron chi connectivity index (χ1n) is 6.66. The molecule has 0 saturated carbocycles. The van der Waals surface area contributed by atoms with Gasteiger partial charge in [-0.1, -0.05) is 0 Å². The summed E-state index contributed by atoms with van der Waals surface area (Å²) in [6, 6.07) is 4.99. The van der Waals surface area contributed by atoms with Crippen LogP contribution in [0.4, 0.5) is 35.9 Å². The summed E-state index contributed by atoms with van der Waals surface area (Å²) in [4.78, 5) is 19.7. The zero-order valence-electron chi connectivity index (χ0n) is 12.7. The van der Waals surface area contributed by atoms with Crippen LogP contribution < -0.4 is 5.32 Å². The van der Waals surface area contributed by atoms with Crippen LogP contribution in [0.1, 0.15) is 11.1 Å². The molecule has 2 aromatic rings. The molecule has 0 amide bonds. The summed E-state index contributed by atoms with van der Waals surface area (Å²) in [6.07, 6.45) is -5.10. The maximum Gasteiger partial charge on any atom is 0.418 e. The van der Waals surface area contributed by atoms with E-state index in [9.17, 15) is 33.4 Å². The van der Waals surface area contributed by atoms with Crippen LogP contribution in [0.3, 0.4) is 0 Å². The van der Waals surface area contributed by atoms with Crippen molar-refractivity contribution in [2.24, 2.45) is 0 Å². The van der Waals surface area contributed by atoms with Gasteiger partial charge in [0, 0.05) is 20.7 Å². The first-order valence-corrected chi connectivity index (χ1v) is 8.24. The van der Waals surface area contributed by atoms with Gasteiger partial charge in [-0.3, -0.25) is 20.2 Å². The number of anilines is 2. The molecule has 140 valence electrons. The number of nitro benzene ring substituents is 2. The van der Waals surface area contributed by atoms with Crippen LogP contribution in [0.15, 0.2) is 33.2 Å². The van der Waals surface area contributed by atoms with E-state index in [0.717, 1.165) is 0 Å². The molecule has 2 aromatic carbocycles. The Morgan fingerprint density at radius 3 is 2.00 bits per heavy atom. The molecule has 0 unspecified atom stereocenters. The predicted molar refractivity (Wildman–Crippen MR) is 94.6 cm³/mol. The van der Waals surface area contributed by atoms with Gasteiger partial charge in [-0.05, 0) is 44.0 Å². The molecule has 0 fully saturated rings. The van der Waals surface area contributed by atoms with Gasteiger partial charge in [-0.15, -0.1) is 0 Å². The van der Waals surface area contributed by atoms with E-state index in [-0.39, 0.29) is 26.3 Å². The number of nitro groups is 2. The Labute approximate surface area is 165 Å². The normalized spacial score (nSPS) is 11.0. The van der Waals surface area contributed by atoms with E-state index >= 15 is 0 Å². The van der Waals surface area contributed by atoms with Crippen molar-refractivity contribution < 1.29 is 23.0 Å². The van der Waals surface area contributed by atoms with Crippen molar-refractivity contribution in [2.75, 3.05) is 5.32 Å². The van der Waals surface area contributed by atoms with Gasteiger partial charge in [0.05, 0.1) is 27.0 Å². The maximum absolute atomic E-state index is 13.4. The minimum absolute atomic E-state index is 0.0183. The van der Waals surface area contributed by atoms with Crippen molar-refractivity contribution in [3.8, 4) is 6.07 Å². The number of nitrogens with zero attached hydrogens (tertiary/aromatic N) is 3. The van der Waals surface area contributed by atoms with Crippen LogP contribution in [-0.2, 0) is 6.18 Å².